The maximum absolute atomic E-state index is 5.96. The SMILES string of the molecule is C(=N\Nc1ccc2ccccc2c1)/c1cc(OCCc2ccccn2)nc(N2CCOCC2)n1. The normalized spacial score (nSPS) is 13.9. The fraction of sp³-hybridized carbons (Fsp3) is 0.231. The number of hydrogen-bond acceptors (Lipinski definition) is 8. The lowest BCUT2D eigenvalue weighted by Gasteiger charge is -2.27. The van der Waals surface area contributed by atoms with Gasteiger partial charge in [0.2, 0.25) is 11.8 Å². The van der Waals surface area contributed by atoms with Crippen molar-refractivity contribution in [2.75, 3.05) is 43.2 Å². The van der Waals surface area contributed by atoms with Gasteiger partial charge < -0.3 is 14.4 Å². The van der Waals surface area contributed by atoms with Crippen LogP contribution in [-0.2, 0) is 11.2 Å². The largest absolute Gasteiger partial charge is 0.477 e. The fourth-order valence-corrected chi connectivity index (χ4v) is 3.71. The number of fused-ring (bicyclic) bond motifs is 1. The minimum absolute atomic E-state index is 0.475. The molecule has 3 heterocycles. The van der Waals surface area contributed by atoms with E-state index in [-0.39, 0.29) is 0 Å². The van der Waals surface area contributed by atoms with Crippen LogP contribution >= 0.6 is 0 Å². The highest BCUT2D eigenvalue weighted by atomic mass is 16.5. The summed E-state index contributed by atoms with van der Waals surface area (Å²) in [4.78, 5) is 15.7. The number of pyridine rings is 1. The van der Waals surface area contributed by atoms with Crippen molar-refractivity contribution in [1.29, 1.82) is 0 Å². The van der Waals surface area contributed by atoms with Crippen molar-refractivity contribution in [2.24, 2.45) is 5.10 Å². The van der Waals surface area contributed by atoms with E-state index in [0.717, 1.165) is 29.9 Å². The number of hydrogen-bond donors (Lipinski definition) is 1. The van der Waals surface area contributed by atoms with Crippen LogP contribution in [0, 0.1) is 0 Å². The molecule has 0 saturated carbocycles. The third-order valence-corrected chi connectivity index (χ3v) is 5.48. The number of aromatic nitrogens is 3. The third kappa shape index (κ3) is 5.65. The summed E-state index contributed by atoms with van der Waals surface area (Å²) in [5.41, 5.74) is 5.64. The van der Waals surface area contributed by atoms with Crippen molar-refractivity contribution >= 4 is 28.6 Å². The van der Waals surface area contributed by atoms with Gasteiger partial charge in [-0.25, -0.2) is 4.98 Å². The summed E-state index contributed by atoms with van der Waals surface area (Å²) in [6.45, 7) is 3.26. The topological polar surface area (TPSA) is 84.8 Å². The molecule has 0 bridgehead atoms. The minimum Gasteiger partial charge on any atom is -0.477 e. The third-order valence-electron chi connectivity index (χ3n) is 5.48. The molecular formula is C26H26N6O2. The molecule has 5 rings (SSSR count). The van der Waals surface area contributed by atoms with E-state index in [1.54, 1.807) is 18.5 Å². The van der Waals surface area contributed by atoms with Gasteiger partial charge in [0.25, 0.3) is 0 Å². The molecule has 8 nitrogen and oxygen atoms in total. The highest BCUT2D eigenvalue weighted by Gasteiger charge is 2.16. The molecule has 0 aliphatic carbocycles. The number of benzene rings is 2. The van der Waals surface area contributed by atoms with Crippen LogP contribution in [0.5, 0.6) is 5.88 Å². The van der Waals surface area contributed by atoms with Gasteiger partial charge in [-0.15, -0.1) is 0 Å². The van der Waals surface area contributed by atoms with Crippen LogP contribution in [0.4, 0.5) is 11.6 Å². The zero-order valence-corrected chi connectivity index (χ0v) is 18.8. The lowest BCUT2D eigenvalue weighted by Crippen LogP contribution is -2.37. The van der Waals surface area contributed by atoms with Crippen LogP contribution in [0.2, 0.25) is 0 Å². The number of anilines is 2. The van der Waals surface area contributed by atoms with Crippen molar-refractivity contribution in [1.82, 2.24) is 15.0 Å². The van der Waals surface area contributed by atoms with Crippen molar-refractivity contribution in [3.05, 3.63) is 84.3 Å². The van der Waals surface area contributed by atoms with E-state index >= 15 is 0 Å². The monoisotopic (exact) mass is 454 g/mol. The van der Waals surface area contributed by atoms with Crippen molar-refractivity contribution in [2.45, 2.75) is 6.42 Å². The quantitative estimate of drug-likeness (QED) is 0.319. The Hall–Kier alpha value is -4.04. The van der Waals surface area contributed by atoms with E-state index in [1.165, 1.54) is 5.39 Å². The summed E-state index contributed by atoms with van der Waals surface area (Å²) in [5.74, 6) is 1.13. The maximum Gasteiger partial charge on any atom is 0.229 e. The van der Waals surface area contributed by atoms with Gasteiger partial charge in [-0.3, -0.25) is 10.4 Å². The maximum atomic E-state index is 5.96. The van der Waals surface area contributed by atoms with Crippen LogP contribution in [0.15, 0.2) is 78.0 Å². The molecule has 0 spiro atoms. The second kappa shape index (κ2) is 10.7. The van der Waals surface area contributed by atoms with E-state index in [2.05, 4.69) is 54.6 Å². The molecule has 172 valence electrons. The van der Waals surface area contributed by atoms with Crippen LogP contribution < -0.4 is 15.1 Å². The molecule has 1 aliphatic heterocycles. The van der Waals surface area contributed by atoms with Gasteiger partial charge in [-0.1, -0.05) is 36.4 Å². The van der Waals surface area contributed by atoms with Gasteiger partial charge in [0, 0.05) is 37.5 Å². The summed E-state index contributed by atoms with van der Waals surface area (Å²) < 4.78 is 11.4. The van der Waals surface area contributed by atoms with Crippen LogP contribution in [0.25, 0.3) is 10.8 Å². The Kier molecular flexibility index (Phi) is 6.87. The van der Waals surface area contributed by atoms with Gasteiger partial charge in [0.05, 0.1) is 37.4 Å². The highest BCUT2D eigenvalue weighted by molar-refractivity contribution is 5.86. The van der Waals surface area contributed by atoms with Crippen molar-refractivity contribution < 1.29 is 9.47 Å². The number of ether oxygens (including phenoxy) is 2. The number of nitrogens with one attached hydrogen (secondary N) is 1. The molecule has 34 heavy (non-hydrogen) atoms. The predicted octanol–water partition coefficient (Wildman–Crippen LogP) is 3.93. The number of morpholine rings is 1. The molecule has 1 aliphatic rings. The minimum atomic E-state index is 0.475. The van der Waals surface area contributed by atoms with E-state index in [4.69, 9.17) is 9.47 Å². The molecule has 2 aromatic heterocycles. The first-order chi connectivity index (χ1) is 16.8. The first kappa shape index (κ1) is 21.8. The number of hydrazone groups is 1. The highest BCUT2D eigenvalue weighted by Crippen LogP contribution is 2.19. The summed E-state index contributed by atoms with van der Waals surface area (Å²) in [6, 6.07) is 22.0. The van der Waals surface area contributed by atoms with Gasteiger partial charge >= 0.3 is 0 Å². The van der Waals surface area contributed by atoms with Crippen molar-refractivity contribution in [3.63, 3.8) is 0 Å². The average molecular weight is 455 g/mol. The van der Waals surface area contributed by atoms with E-state index in [1.807, 2.05) is 36.4 Å². The Bertz CT molecular complexity index is 1260. The molecule has 1 fully saturated rings. The summed E-state index contributed by atoms with van der Waals surface area (Å²) in [6.07, 6.45) is 4.17. The van der Waals surface area contributed by atoms with Crippen LogP contribution in [0.3, 0.4) is 0 Å². The molecule has 1 N–H and O–H groups in total. The average Bonchev–Trinajstić information content (AvgIpc) is 2.90. The zero-order chi connectivity index (χ0) is 23.0. The van der Waals surface area contributed by atoms with Crippen LogP contribution in [-0.4, -0.2) is 54.1 Å². The molecule has 0 amide bonds. The smallest absolute Gasteiger partial charge is 0.229 e. The molecule has 0 atom stereocenters. The van der Waals surface area contributed by atoms with Gasteiger partial charge in [-0.05, 0) is 35.0 Å². The number of rotatable bonds is 8. The van der Waals surface area contributed by atoms with Gasteiger partial charge in [-0.2, -0.15) is 10.1 Å². The first-order valence-corrected chi connectivity index (χ1v) is 11.4. The lowest BCUT2D eigenvalue weighted by molar-refractivity contribution is 0.122. The first-order valence-electron chi connectivity index (χ1n) is 11.4. The Morgan fingerprint density at radius 2 is 1.82 bits per heavy atom. The van der Waals surface area contributed by atoms with E-state index in [0.29, 0.717) is 43.8 Å². The Morgan fingerprint density at radius 3 is 2.68 bits per heavy atom. The van der Waals surface area contributed by atoms with Gasteiger partial charge in [0.15, 0.2) is 0 Å². The standard InChI is InChI=1S/C26H26N6O2/c1-2-6-21-17-23(9-8-20(21)5-1)31-28-19-24-18-25(34-14-10-22-7-3-4-11-27-22)30-26(29-24)32-12-15-33-16-13-32/h1-9,11,17-19,31H,10,12-16H2/b28-19+. The summed E-state index contributed by atoms with van der Waals surface area (Å²) in [7, 11) is 0. The molecule has 0 unspecified atom stereocenters. The zero-order valence-electron chi connectivity index (χ0n) is 18.8. The summed E-state index contributed by atoms with van der Waals surface area (Å²) >= 11 is 0. The second-order valence-corrected chi connectivity index (χ2v) is 7.88. The molecular weight excluding hydrogens is 428 g/mol. The van der Waals surface area contributed by atoms with E-state index < -0.39 is 0 Å². The van der Waals surface area contributed by atoms with Crippen molar-refractivity contribution in [3.8, 4) is 5.88 Å². The molecule has 4 aromatic rings. The summed E-state index contributed by atoms with van der Waals surface area (Å²) in [5, 5.41) is 6.75. The van der Waals surface area contributed by atoms with Gasteiger partial charge in [0.1, 0.15) is 0 Å². The lowest BCUT2D eigenvalue weighted by atomic mass is 10.1. The Morgan fingerprint density at radius 1 is 0.971 bits per heavy atom. The molecule has 8 heteroatoms. The molecule has 0 radical (unpaired) electrons. The molecule has 1 saturated heterocycles. The Labute approximate surface area is 198 Å². The molecule has 2 aromatic carbocycles. The predicted molar refractivity (Wildman–Crippen MR) is 134 cm³/mol. The fourth-order valence-electron chi connectivity index (χ4n) is 3.71. The van der Waals surface area contributed by atoms with E-state index in [9.17, 15) is 0 Å². The Balaban J connectivity index is 1.31. The van der Waals surface area contributed by atoms with Crippen LogP contribution in [0.1, 0.15) is 11.4 Å². The second-order valence-electron chi connectivity index (χ2n) is 7.88. The number of nitrogens with zero attached hydrogens (tertiary/aromatic N) is 5.